The highest BCUT2D eigenvalue weighted by Gasteiger charge is 2.37. The average molecular weight is 408 g/mol. The molecule has 0 saturated carbocycles. The molecule has 4 nitrogen and oxygen atoms in total. The first-order chi connectivity index (χ1) is 12.7. The first kappa shape index (κ1) is 20.0. The summed E-state index contributed by atoms with van der Waals surface area (Å²) in [6.07, 6.45) is 0.714. The molecule has 146 valence electrons. The smallest absolute Gasteiger partial charge is 0.264 e. The van der Waals surface area contributed by atoms with Gasteiger partial charge in [-0.2, -0.15) is 0 Å². The van der Waals surface area contributed by atoms with E-state index in [2.05, 4.69) is 27.7 Å². The average Bonchev–Trinajstić information content (AvgIpc) is 2.61. The number of benzene rings is 2. The van der Waals surface area contributed by atoms with E-state index < -0.39 is 10.0 Å². The highest BCUT2D eigenvalue weighted by molar-refractivity contribution is 7.92. The maximum Gasteiger partial charge on any atom is 0.264 e. The number of rotatable bonds is 5. The van der Waals surface area contributed by atoms with Crippen LogP contribution in [0.4, 0.5) is 5.69 Å². The molecule has 0 aliphatic carbocycles. The Hall–Kier alpha value is -1.72. The summed E-state index contributed by atoms with van der Waals surface area (Å²) in [7, 11) is -3.72. The highest BCUT2D eigenvalue weighted by Crippen LogP contribution is 2.40. The fraction of sp³-hybridized carbons (Fsp3) is 0.429. The van der Waals surface area contributed by atoms with Crippen LogP contribution in [0.15, 0.2) is 47.4 Å². The van der Waals surface area contributed by atoms with Gasteiger partial charge >= 0.3 is 0 Å². The van der Waals surface area contributed by atoms with Gasteiger partial charge in [-0.1, -0.05) is 51.4 Å². The zero-order valence-electron chi connectivity index (χ0n) is 16.1. The molecule has 0 amide bonds. The van der Waals surface area contributed by atoms with Crippen molar-refractivity contribution in [2.24, 2.45) is 5.92 Å². The maximum atomic E-state index is 13.5. The molecular formula is C21H26ClNO3S. The van der Waals surface area contributed by atoms with Crippen LogP contribution in [0.5, 0.6) is 5.75 Å². The first-order valence-corrected chi connectivity index (χ1v) is 11.1. The topological polar surface area (TPSA) is 46.6 Å². The van der Waals surface area contributed by atoms with Gasteiger partial charge in [0.1, 0.15) is 12.4 Å². The largest absolute Gasteiger partial charge is 0.489 e. The fourth-order valence-corrected chi connectivity index (χ4v) is 5.23. The SMILES string of the molecule is CC(C)CC1COc2cc(Cl)ccc2N1S(=O)(=O)c1ccc(C(C)C)cc1. The predicted octanol–water partition coefficient (Wildman–Crippen LogP) is 5.47. The van der Waals surface area contributed by atoms with Crippen molar-refractivity contribution < 1.29 is 13.2 Å². The van der Waals surface area contributed by atoms with Crippen LogP contribution in [0.25, 0.3) is 0 Å². The van der Waals surface area contributed by atoms with Crippen molar-refractivity contribution >= 4 is 27.3 Å². The summed E-state index contributed by atoms with van der Waals surface area (Å²) >= 11 is 6.08. The van der Waals surface area contributed by atoms with E-state index in [0.717, 1.165) is 5.56 Å². The Morgan fingerprint density at radius 3 is 2.37 bits per heavy atom. The van der Waals surface area contributed by atoms with Crippen molar-refractivity contribution in [2.45, 2.75) is 51.0 Å². The quantitative estimate of drug-likeness (QED) is 0.660. The van der Waals surface area contributed by atoms with Gasteiger partial charge in [-0.25, -0.2) is 8.42 Å². The third kappa shape index (κ3) is 4.09. The second-order valence-electron chi connectivity index (χ2n) is 7.73. The standard InChI is InChI=1S/C21H26ClNO3S/c1-14(2)11-18-13-26-21-12-17(22)7-10-20(21)23(18)27(24,25)19-8-5-16(6-9-19)15(3)4/h5-10,12,14-15,18H,11,13H2,1-4H3. The molecule has 0 fully saturated rings. The Labute approximate surface area is 167 Å². The van der Waals surface area contributed by atoms with Gasteiger partial charge in [-0.05, 0) is 48.1 Å². The van der Waals surface area contributed by atoms with Crippen LogP contribution in [0, 0.1) is 5.92 Å². The zero-order valence-corrected chi connectivity index (χ0v) is 17.7. The second-order valence-corrected chi connectivity index (χ2v) is 9.98. The second kappa shape index (κ2) is 7.72. The zero-order chi connectivity index (χ0) is 19.8. The molecule has 2 aromatic rings. The summed E-state index contributed by atoms with van der Waals surface area (Å²) in [5, 5.41) is 0.523. The maximum absolute atomic E-state index is 13.5. The summed E-state index contributed by atoms with van der Waals surface area (Å²) in [6.45, 7) is 8.66. The Morgan fingerprint density at radius 1 is 1.11 bits per heavy atom. The fourth-order valence-electron chi connectivity index (χ4n) is 3.41. The summed E-state index contributed by atoms with van der Waals surface area (Å²) in [5.74, 6) is 1.19. The highest BCUT2D eigenvalue weighted by atomic mass is 35.5. The number of nitrogens with zero attached hydrogens (tertiary/aromatic N) is 1. The molecule has 2 aromatic carbocycles. The van der Waals surface area contributed by atoms with Crippen molar-refractivity contribution in [1.82, 2.24) is 0 Å². The number of halogens is 1. The van der Waals surface area contributed by atoms with Crippen molar-refractivity contribution in [1.29, 1.82) is 0 Å². The third-order valence-electron chi connectivity index (χ3n) is 4.77. The van der Waals surface area contributed by atoms with Crippen molar-refractivity contribution in [3.8, 4) is 5.75 Å². The summed E-state index contributed by atoms with van der Waals surface area (Å²) < 4.78 is 34.5. The molecule has 0 radical (unpaired) electrons. The van der Waals surface area contributed by atoms with Crippen molar-refractivity contribution in [2.75, 3.05) is 10.9 Å². The molecule has 1 atom stereocenters. The monoisotopic (exact) mass is 407 g/mol. The summed E-state index contributed by atoms with van der Waals surface area (Å²) in [5.41, 5.74) is 1.66. The molecule has 0 bridgehead atoms. The predicted molar refractivity (Wildman–Crippen MR) is 110 cm³/mol. The van der Waals surface area contributed by atoms with Gasteiger partial charge in [-0.15, -0.1) is 0 Å². The van der Waals surface area contributed by atoms with E-state index >= 15 is 0 Å². The molecule has 0 aromatic heterocycles. The lowest BCUT2D eigenvalue weighted by molar-refractivity contribution is 0.256. The van der Waals surface area contributed by atoms with Gasteiger partial charge in [0.2, 0.25) is 0 Å². The Morgan fingerprint density at radius 2 is 1.78 bits per heavy atom. The van der Waals surface area contributed by atoms with Crippen LogP contribution >= 0.6 is 11.6 Å². The molecule has 0 N–H and O–H groups in total. The van der Waals surface area contributed by atoms with E-state index in [4.69, 9.17) is 16.3 Å². The van der Waals surface area contributed by atoms with E-state index in [-0.39, 0.29) is 6.04 Å². The molecule has 1 heterocycles. The minimum Gasteiger partial charge on any atom is -0.489 e. The van der Waals surface area contributed by atoms with Crippen LogP contribution in [0.2, 0.25) is 5.02 Å². The van der Waals surface area contributed by atoms with Gasteiger partial charge in [0.05, 0.1) is 16.6 Å². The number of ether oxygens (including phenoxy) is 1. The Bertz CT molecular complexity index is 908. The van der Waals surface area contributed by atoms with Gasteiger partial charge in [0.15, 0.2) is 0 Å². The molecule has 27 heavy (non-hydrogen) atoms. The lowest BCUT2D eigenvalue weighted by Gasteiger charge is -2.38. The molecule has 6 heteroatoms. The molecule has 0 saturated heterocycles. The van der Waals surface area contributed by atoms with Crippen LogP contribution in [0.1, 0.15) is 45.6 Å². The minimum atomic E-state index is -3.72. The van der Waals surface area contributed by atoms with E-state index in [9.17, 15) is 8.42 Å². The molecule has 0 spiro atoms. The van der Waals surface area contributed by atoms with Gasteiger partial charge in [0, 0.05) is 11.1 Å². The van der Waals surface area contributed by atoms with Gasteiger partial charge in [0.25, 0.3) is 10.0 Å². The minimum absolute atomic E-state index is 0.256. The van der Waals surface area contributed by atoms with E-state index in [1.807, 2.05) is 12.1 Å². The number of hydrogen-bond acceptors (Lipinski definition) is 3. The molecule has 1 aliphatic heterocycles. The Kier molecular flexibility index (Phi) is 5.73. The van der Waals surface area contributed by atoms with E-state index in [0.29, 0.717) is 46.2 Å². The van der Waals surface area contributed by atoms with Crippen molar-refractivity contribution in [3.05, 3.63) is 53.1 Å². The Balaban J connectivity index is 2.08. The van der Waals surface area contributed by atoms with Gasteiger partial charge in [-0.3, -0.25) is 4.31 Å². The number of hydrogen-bond donors (Lipinski definition) is 0. The van der Waals surface area contributed by atoms with Crippen LogP contribution in [-0.4, -0.2) is 21.1 Å². The van der Waals surface area contributed by atoms with Crippen LogP contribution < -0.4 is 9.04 Å². The van der Waals surface area contributed by atoms with Crippen molar-refractivity contribution in [3.63, 3.8) is 0 Å². The molecule has 1 aliphatic rings. The molecule has 1 unspecified atom stereocenters. The van der Waals surface area contributed by atoms with E-state index in [1.165, 1.54) is 4.31 Å². The first-order valence-electron chi connectivity index (χ1n) is 9.27. The van der Waals surface area contributed by atoms with Crippen LogP contribution in [-0.2, 0) is 10.0 Å². The number of sulfonamides is 1. The normalized spacial score (nSPS) is 17.1. The summed E-state index contributed by atoms with van der Waals surface area (Å²) in [6, 6.07) is 12.0. The summed E-state index contributed by atoms with van der Waals surface area (Å²) in [4.78, 5) is 0.295. The van der Waals surface area contributed by atoms with E-state index in [1.54, 1.807) is 30.3 Å². The number of fused-ring (bicyclic) bond motifs is 1. The van der Waals surface area contributed by atoms with Crippen LogP contribution in [0.3, 0.4) is 0 Å². The molecule has 3 rings (SSSR count). The third-order valence-corrected chi connectivity index (χ3v) is 6.88. The lowest BCUT2D eigenvalue weighted by atomic mass is 10.0. The lowest BCUT2D eigenvalue weighted by Crippen LogP contribution is -2.47. The van der Waals surface area contributed by atoms with Gasteiger partial charge < -0.3 is 4.74 Å². The number of anilines is 1. The molecular weight excluding hydrogens is 382 g/mol.